The van der Waals surface area contributed by atoms with Crippen LogP contribution in [0.4, 0.5) is 0 Å². The molecule has 0 radical (unpaired) electrons. The predicted molar refractivity (Wildman–Crippen MR) is 73.8 cm³/mol. The fourth-order valence-corrected chi connectivity index (χ4v) is 4.35. The molecular weight excluding hydrogens is 293 g/mol. The topological polar surface area (TPSA) is 37.4 Å². The third-order valence-electron chi connectivity index (χ3n) is 3.15. The maximum Gasteiger partial charge on any atom is 0.243 e. The number of nitrogens with zero attached hydrogens (tertiary/aromatic N) is 1. The van der Waals surface area contributed by atoms with Crippen LogP contribution in [0, 0.1) is 6.92 Å². The summed E-state index contributed by atoms with van der Waals surface area (Å²) in [5.74, 6) is 0. The molecule has 18 heavy (non-hydrogen) atoms. The highest BCUT2D eigenvalue weighted by Crippen LogP contribution is 2.30. The Balaban J connectivity index is 2.43. The molecule has 1 aromatic rings. The minimum Gasteiger partial charge on any atom is -0.207 e. The maximum absolute atomic E-state index is 12.5. The predicted octanol–water partition coefficient (Wildman–Crippen LogP) is 3.48. The van der Waals surface area contributed by atoms with Gasteiger partial charge in [-0.05, 0) is 37.5 Å². The van der Waals surface area contributed by atoms with Gasteiger partial charge in [0.2, 0.25) is 10.0 Å². The Morgan fingerprint density at radius 2 is 1.61 bits per heavy atom. The minimum absolute atomic E-state index is 0.263. The highest BCUT2D eigenvalue weighted by molar-refractivity contribution is 7.89. The van der Waals surface area contributed by atoms with E-state index in [1.165, 1.54) is 10.4 Å². The molecule has 1 aromatic carbocycles. The van der Waals surface area contributed by atoms with Crippen molar-refractivity contribution >= 4 is 33.2 Å². The van der Waals surface area contributed by atoms with E-state index in [2.05, 4.69) is 0 Å². The summed E-state index contributed by atoms with van der Waals surface area (Å²) in [6, 6.07) is 3.05. The summed E-state index contributed by atoms with van der Waals surface area (Å²) >= 11 is 11.8. The Bertz CT molecular complexity index is 551. The second-order valence-corrected chi connectivity index (χ2v) is 7.22. The van der Waals surface area contributed by atoms with Crippen LogP contribution in [0.5, 0.6) is 0 Å². The van der Waals surface area contributed by atoms with Crippen LogP contribution in [0.25, 0.3) is 0 Å². The molecule has 1 aliphatic heterocycles. The number of benzene rings is 1. The van der Waals surface area contributed by atoms with Crippen molar-refractivity contribution in [2.75, 3.05) is 13.1 Å². The van der Waals surface area contributed by atoms with Gasteiger partial charge in [0.05, 0.1) is 14.9 Å². The molecular formula is C12H15Cl2NO2S. The van der Waals surface area contributed by atoms with Gasteiger partial charge in [-0.1, -0.05) is 29.6 Å². The van der Waals surface area contributed by atoms with Gasteiger partial charge in [0.15, 0.2) is 0 Å². The second-order valence-electron chi connectivity index (χ2n) is 4.50. The van der Waals surface area contributed by atoms with Gasteiger partial charge in [-0.15, -0.1) is 0 Å². The summed E-state index contributed by atoms with van der Waals surface area (Å²) in [5, 5.41) is 0.657. The normalized spacial score (nSPS) is 17.9. The van der Waals surface area contributed by atoms with E-state index in [1.807, 2.05) is 0 Å². The van der Waals surface area contributed by atoms with E-state index in [0.717, 1.165) is 19.3 Å². The number of aryl methyl sites for hydroxylation is 1. The molecule has 0 aromatic heterocycles. The molecule has 1 aliphatic rings. The second kappa shape index (κ2) is 5.37. The first kappa shape index (κ1) is 14.1. The zero-order valence-electron chi connectivity index (χ0n) is 10.1. The van der Waals surface area contributed by atoms with Crippen LogP contribution in [0.1, 0.15) is 24.8 Å². The van der Waals surface area contributed by atoms with Gasteiger partial charge >= 0.3 is 0 Å². The average molecular weight is 308 g/mol. The SMILES string of the molecule is Cc1cc(Cl)c(Cl)cc1S(=O)(=O)N1CCCCC1. The van der Waals surface area contributed by atoms with Crippen molar-refractivity contribution in [1.29, 1.82) is 0 Å². The van der Waals surface area contributed by atoms with Crippen LogP contribution in [0.3, 0.4) is 0 Å². The van der Waals surface area contributed by atoms with Crippen molar-refractivity contribution in [2.24, 2.45) is 0 Å². The molecule has 0 amide bonds. The van der Waals surface area contributed by atoms with Crippen LogP contribution in [0.15, 0.2) is 17.0 Å². The fraction of sp³-hybridized carbons (Fsp3) is 0.500. The molecule has 0 spiro atoms. The van der Waals surface area contributed by atoms with Gasteiger partial charge in [-0.3, -0.25) is 0 Å². The summed E-state index contributed by atoms with van der Waals surface area (Å²) in [4.78, 5) is 0.263. The van der Waals surface area contributed by atoms with Gasteiger partial charge in [-0.2, -0.15) is 4.31 Å². The molecule has 3 nitrogen and oxygen atoms in total. The van der Waals surface area contributed by atoms with Crippen molar-refractivity contribution in [3.8, 4) is 0 Å². The first-order valence-corrected chi connectivity index (χ1v) is 8.08. The lowest BCUT2D eigenvalue weighted by molar-refractivity contribution is 0.346. The van der Waals surface area contributed by atoms with E-state index in [9.17, 15) is 8.42 Å². The molecule has 6 heteroatoms. The van der Waals surface area contributed by atoms with Gasteiger partial charge in [0.1, 0.15) is 0 Å². The standard InChI is InChI=1S/C12H15Cl2NO2S/c1-9-7-10(13)11(14)8-12(9)18(16,17)15-5-3-2-4-6-15/h7-8H,2-6H2,1H3. The van der Waals surface area contributed by atoms with Crippen molar-refractivity contribution in [2.45, 2.75) is 31.1 Å². The van der Waals surface area contributed by atoms with E-state index in [0.29, 0.717) is 23.7 Å². The number of rotatable bonds is 2. The lowest BCUT2D eigenvalue weighted by Gasteiger charge is -2.26. The van der Waals surface area contributed by atoms with E-state index in [1.54, 1.807) is 13.0 Å². The molecule has 0 bridgehead atoms. The maximum atomic E-state index is 12.5. The zero-order valence-corrected chi connectivity index (χ0v) is 12.4. The molecule has 100 valence electrons. The van der Waals surface area contributed by atoms with Crippen molar-refractivity contribution in [3.05, 3.63) is 27.7 Å². The number of piperidine rings is 1. The Labute approximate surface area is 118 Å². The molecule has 2 rings (SSSR count). The summed E-state index contributed by atoms with van der Waals surface area (Å²) < 4.78 is 26.5. The van der Waals surface area contributed by atoms with E-state index in [4.69, 9.17) is 23.2 Å². The Hall–Kier alpha value is -0.290. The first-order valence-electron chi connectivity index (χ1n) is 5.89. The molecule has 1 saturated heterocycles. The summed E-state index contributed by atoms with van der Waals surface area (Å²) in [7, 11) is -3.44. The molecule has 1 fully saturated rings. The quantitative estimate of drug-likeness (QED) is 0.839. The highest BCUT2D eigenvalue weighted by atomic mass is 35.5. The van der Waals surface area contributed by atoms with Gasteiger partial charge < -0.3 is 0 Å². The van der Waals surface area contributed by atoms with E-state index in [-0.39, 0.29) is 9.92 Å². The van der Waals surface area contributed by atoms with Gasteiger partial charge in [0.25, 0.3) is 0 Å². The average Bonchev–Trinajstić information content (AvgIpc) is 2.34. The lowest BCUT2D eigenvalue weighted by Crippen LogP contribution is -2.35. The minimum atomic E-state index is -3.44. The fourth-order valence-electron chi connectivity index (χ4n) is 2.15. The third-order valence-corrected chi connectivity index (χ3v) is 5.91. The highest BCUT2D eigenvalue weighted by Gasteiger charge is 2.27. The smallest absolute Gasteiger partial charge is 0.207 e. The summed E-state index contributed by atoms with van der Waals surface area (Å²) in [6.45, 7) is 2.91. The number of hydrogen-bond donors (Lipinski definition) is 0. The molecule has 1 heterocycles. The summed E-state index contributed by atoms with van der Waals surface area (Å²) in [6.07, 6.45) is 2.92. The van der Waals surface area contributed by atoms with Gasteiger partial charge in [-0.25, -0.2) is 8.42 Å². The van der Waals surface area contributed by atoms with Crippen molar-refractivity contribution in [1.82, 2.24) is 4.31 Å². The number of hydrogen-bond acceptors (Lipinski definition) is 2. The first-order chi connectivity index (χ1) is 8.43. The Morgan fingerprint density at radius 1 is 1.06 bits per heavy atom. The van der Waals surface area contributed by atoms with Crippen molar-refractivity contribution in [3.63, 3.8) is 0 Å². The van der Waals surface area contributed by atoms with E-state index >= 15 is 0 Å². The Morgan fingerprint density at radius 3 is 2.22 bits per heavy atom. The molecule has 0 N–H and O–H groups in total. The van der Waals surface area contributed by atoms with Crippen LogP contribution in [-0.4, -0.2) is 25.8 Å². The molecule has 0 saturated carbocycles. The van der Waals surface area contributed by atoms with E-state index < -0.39 is 10.0 Å². The lowest BCUT2D eigenvalue weighted by atomic mass is 10.2. The Kier molecular flexibility index (Phi) is 4.22. The van der Waals surface area contributed by atoms with Crippen LogP contribution in [0.2, 0.25) is 10.0 Å². The molecule has 0 atom stereocenters. The van der Waals surface area contributed by atoms with Gasteiger partial charge in [0, 0.05) is 13.1 Å². The monoisotopic (exact) mass is 307 g/mol. The van der Waals surface area contributed by atoms with Crippen LogP contribution in [-0.2, 0) is 10.0 Å². The summed E-state index contributed by atoms with van der Waals surface area (Å²) in [5.41, 5.74) is 0.634. The third kappa shape index (κ3) is 2.67. The molecule has 0 unspecified atom stereocenters. The molecule has 0 aliphatic carbocycles. The van der Waals surface area contributed by atoms with Crippen molar-refractivity contribution < 1.29 is 8.42 Å². The number of sulfonamides is 1. The van der Waals surface area contributed by atoms with Crippen LogP contribution >= 0.6 is 23.2 Å². The number of halogens is 2. The zero-order chi connectivity index (χ0) is 13.3. The largest absolute Gasteiger partial charge is 0.243 e. The van der Waals surface area contributed by atoms with Crippen LogP contribution < -0.4 is 0 Å².